The molecular weight excluding hydrogens is 180 g/mol. The summed E-state index contributed by atoms with van der Waals surface area (Å²) in [7, 11) is 0. The first-order valence-corrected chi connectivity index (χ1v) is 5.45. The van der Waals surface area contributed by atoms with Gasteiger partial charge in [0.15, 0.2) is 0 Å². The molecule has 2 rings (SSSR count). The quantitative estimate of drug-likeness (QED) is 0.686. The van der Waals surface area contributed by atoms with Crippen molar-refractivity contribution in [3.63, 3.8) is 0 Å². The molecule has 1 aliphatic carbocycles. The van der Waals surface area contributed by atoms with Crippen LogP contribution in [0.15, 0.2) is 0 Å². The zero-order valence-corrected chi connectivity index (χ0v) is 8.46. The Bertz CT molecular complexity index is 224. The summed E-state index contributed by atoms with van der Waals surface area (Å²) in [5, 5.41) is 12.9. The molecule has 2 aliphatic rings. The van der Waals surface area contributed by atoms with Gasteiger partial charge >= 0.3 is 6.03 Å². The first-order chi connectivity index (χ1) is 6.70. The largest absolute Gasteiger partial charge is 0.388 e. The van der Waals surface area contributed by atoms with Crippen molar-refractivity contribution >= 4 is 6.03 Å². The Kier molecular flexibility index (Phi) is 2.63. The second-order valence-corrected chi connectivity index (χ2v) is 4.44. The van der Waals surface area contributed by atoms with E-state index >= 15 is 0 Å². The van der Waals surface area contributed by atoms with Crippen LogP contribution in [0, 0.1) is 0 Å². The van der Waals surface area contributed by atoms with Crippen molar-refractivity contribution < 1.29 is 9.90 Å². The van der Waals surface area contributed by atoms with Crippen LogP contribution in [0.25, 0.3) is 0 Å². The molecule has 0 unspecified atom stereocenters. The Morgan fingerprint density at radius 3 is 2.71 bits per heavy atom. The van der Waals surface area contributed by atoms with E-state index in [0.29, 0.717) is 6.54 Å². The van der Waals surface area contributed by atoms with Crippen LogP contribution in [0.5, 0.6) is 0 Å². The summed E-state index contributed by atoms with van der Waals surface area (Å²) in [6.45, 7) is 2.07. The summed E-state index contributed by atoms with van der Waals surface area (Å²) in [6, 6.07) is -0.0171. The van der Waals surface area contributed by atoms with Crippen LogP contribution in [0.1, 0.15) is 32.1 Å². The number of rotatable bonds is 2. The molecule has 0 atom stereocenters. The van der Waals surface area contributed by atoms with E-state index < -0.39 is 5.60 Å². The molecular formula is C10H18N2O2. The van der Waals surface area contributed by atoms with Gasteiger partial charge in [0, 0.05) is 13.1 Å². The lowest BCUT2D eigenvalue weighted by molar-refractivity contribution is 0.0169. The summed E-state index contributed by atoms with van der Waals surface area (Å²) in [5.74, 6) is 0. The van der Waals surface area contributed by atoms with E-state index in [1.165, 1.54) is 0 Å². The molecule has 1 heterocycles. The summed E-state index contributed by atoms with van der Waals surface area (Å²) >= 11 is 0. The van der Waals surface area contributed by atoms with E-state index in [0.717, 1.165) is 45.2 Å². The fourth-order valence-corrected chi connectivity index (χ4v) is 2.38. The molecule has 80 valence electrons. The van der Waals surface area contributed by atoms with E-state index in [1.807, 2.05) is 0 Å². The Labute approximate surface area is 84.3 Å². The molecule has 1 saturated heterocycles. The van der Waals surface area contributed by atoms with Gasteiger partial charge in [-0.25, -0.2) is 4.79 Å². The zero-order valence-electron chi connectivity index (χ0n) is 8.46. The lowest BCUT2D eigenvalue weighted by Gasteiger charge is -2.33. The van der Waals surface area contributed by atoms with E-state index in [4.69, 9.17) is 0 Å². The van der Waals surface area contributed by atoms with Gasteiger partial charge in [-0.2, -0.15) is 0 Å². The van der Waals surface area contributed by atoms with Crippen molar-refractivity contribution in [2.45, 2.75) is 37.7 Å². The second kappa shape index (κ2) is 3.77. The Hall–Kier alpha value is -0.770. The molecule has 0 bridgehead atoms. The number of amides is 2. The number of nitrogens with one attached hydrogen (secondary N) is 1. The number of aliphatic hydroxyl groups is 1. The highest BCUT2D eigenvalue weighted by atomic mass is 16.3. The van der Waals surface area contributed by atoms with E-state index in [1.54, 1.807) is 4.90 Å². The highest BCUT2D eigenvalue weighted by Crippen LogP contribution is 2.30. The third kappa shape index (κ3) is 2.00. The van der Waals surface area contributed by atoms with Crippen LogP contribution >= 0.6 is 0 Å². The number of hydrogen-bond acceptors (Lipinski definition) is 2. The minimum atomic E-state index is -0.602. The first-order valence-electron chi connectivity index (χ1n) is 5.45. The second-order valence-electron chi connectivity index (χ2n) is 4.44. The minimum Gasteiger partial charge on any atom is -0.388 e. The molecule has 14 heavy (non-hydrogen) atoms. The monoisotopic (exact) mass is 198 g/mol. The number of urea groups is 1. The Balaban J connectivity index is 1.91. The van der Waals surface area contributed by atoms with Gasteiger partial charge in [0.2, 0.25) is 0 Å². The number of carbonyl (C=O) groups excluding carboxylic acids is 1. The summed E-state index contributed by atoms with van der Waals surface area (Å²) in [4.78, 5) is 13.2. The normalized spacial score (nSPS) is 26.4. The molecule has 0 aromatic carbocycles. The molecule has 1 saturated carbocycles. The van der Waals surface area contributed by atoms with E-state index in [9.17, 15) is 9.90 Å². The molecule has 0 radical (unpaired) electrons. The highest BCUT2D eigenvalue weighted by molar-refractivity contribution is 5.74. The molecule has 2 N–H and O–H groups in total. The maximum atomic E-state index is 11.4. The predicted molar refractivity (Wildman–Crippen MR) is 53.0 cm³/mol. The fourth-order valence-electron chi connectivity index (χ4n) is 2.38. The van der Waals surface area contributed by atoms with E-state index in [-0.39, 0.29) is 6.03 Å². The molecule has 0 spiro atoms. The first kappa shape index (κ1) is 9.77. The van der Waals surface area contributed by atoms with Crippen LogP contribution in [0.4, 0.5) is 4.79 Å². The maximum absolute atomic E-state index is 11.4. The highest BCUT2D eigenvalue weighted by Gasteiger charge is 2.35. The van der Waals surface area contributed by atoms with Crippen LogP contribution < -0.4 is 5.32 Å². The topological polar surface area (TPSA) is 52.6 Å². The van der Waals surface area contributed by atoms with Gasteiger partial charge in [-0.3, -0.25) is 0 Å². The standard InChI is InChI=1S/C10H18N2O2/c13-9-11-6-3-7-12(9)8-10(14)4-1-2-5-10/h14H,1-8H2,(H,11,13). The zero-order chi connectivity index (χ0) is 10.0. The van der Waals surface area contributed by atoms with Gasteiger partial charge in [0.1, 0.15) is 0 Å². The van der Waals surface area contributed by atoms with Crippen molar-refractivity contribution in [1.82, 2.24) is 10.2 Å². The molecule has 0 aromatic rings. The number of β-amino-alcohol motifs (C(OH)–C–C–N with tert-alkyl or cyclic N) is 1. The van der Waals surface area contributed by atoms with E-state index in [2.05, 4.69) is 5.32 Å². The van der Waals surface area contributed by atoms with Crippen LogP contribution in [-0.4, -0.2) is 41.3 Å². The van der Waals surface area contributed by atoms with Crippen LogP contribution in [0.3, 0.4) is 0 Å². The molecule has 1 aliphatic heterocycles. The van der Waals surface area contributed by atoms with Crippen molar-refractivity contribution in [2.75, 3.05) is 19.6 Å². The Morgan fingerprint density at radius 1 is 1.36 bits per heavy atom. The van der Waals surface area contributed by atoms with Crippen molar-refractivity contribution in [3.8, 4) is 0 Å². The summed E-state index contributed by atoms with van der Waals surface area (Å²) < 4.78 is 0. The third-order valence-electron chi connectivity index (χ3n) is 3.19. The number of hydrogen-bond donors (Lipinski definition) is 2. The maximum Gasteiger partial charge on any atom is 0.317 e. The van der Waals surface area contributed by atoms with Gasteiger partial charge in [-0.1, -0.05) is 12.8 Å². The average molecular weight is 198 g/mol. The average Bonchev–Trinajstić information content (AvgIpc) is 2.57. The number of carbonyl (C=O) groups is 1. The number of nitrogens with zero attached hydrogens (tertiary/aromatic N) is 1. The van der Waals surface area contributed by atoms with Gasteiger partial charge < -0.3 is 15.3 Å². The fraction of sp³-hybridized carbons (Fsp3) is 0.900. The SMILES string of the molecule is O=C1NCCCN1CC1(O)CCCC1. The van der Waals surface area contributed by atoms with Crippen molar-refractivity contribution in [3.05, 3.63) is 0 Å². The minimum absolute atomic E-state index is 0.0171. The molecule has 4 heteroatoms. The van der Waals surface area contributed by atoms with Crippen LogP contribution in [-0.2, 0) is 0 Å². The summed E-state index contributed by atoms with van der Waals surface area (Å²) in [5.41, 5.74) is -0.602. The smallest absolute Gasteiger partial charge is 0.317 e. The lowest BCUT2D eigenvalue weighted by atomic mass is 10.0. The molecule has 2 amide bonds. The molecule has 2 fully saturated rings. The molecule has 0 aromatic heterocycles. The Morgan fingerprint density at radius 2 is 2.07 bits per heavy atom. The van der Waals surface area contributed by atoms with Gasteiger partial charge in [0.25, 0.3) is 0 Å². The van der Waals surface area contributed by atoms with Crippen molar-refractivity contribution in [1.29, 1.82) is 0 Å². The summed E-state index contributed by atoms with van der Waals surface area (Å²) in [6.07, 6.45) is 4.85. The lowest BCUT2D eigenvalue weighted by Crippen LogP contribution is -2.52. The third-order valence-corrected chi connectivity index (χ3v) is 3.19. The molecule has 4 nitrogen and oxygen atoms in total. The van der Waals surface area contributed by atoms with Crippen LogP contribution in [0.2, 0.25) is 0 Å². The van der Waals surface area contributed by atoms with Crippen molar-refractivity contribution in [2.24, 2.45) is 0 Å². The van der Waals surface area contributed by atoms with Gasteiger partial charge in [-0.15, -0.1) is 0 Å². The van der Waals surface area contributed by atoms with Gasteiger partial charge in [0.05, 0.1) is 12.1 Å². The van der Waals surface area contributed by atoms with Gasteiger partial charge in [-0.05, 0) is 19.3 Å². The predicted octanol–water partition coefficient (Wildman–Crippen LogP) is 0.707.